The molecule has 25 heavy (non-hydrogen) atoms. The Bertz CT molecular complexity index is 911. The van der Waals surface area contributed by atoms with Crippen molar-refractivity contribution in [3.05, 3.63) is 48.0 Å². The van der Waals surface area contributed by atoms with Crippen molar-refractivity contribution in [2.75, 3.05) is 0 Å². The lowest BCUT2D eigenvalue weighted by molar-refractivity contribution is -0.123. The predicted octanol–water partition coefficient (Wildman–Crippen LogP) is 1.42. The van der Waals surface area contributed by atoms with Crippen LogP contribution in [0.1, 0.15) is 30.3 Å². The van der Waals surface area contributed by atoms with E-state index < -0.39 is 0 Å². The topological polar surface area (TPSA) is 76.8 Å². The fourth-order valence-electron chi connectivity index (χ4n) is 3.51. The summed E-state index contributed by atoms with van der Waals surface area (Å²) in [6.07, 6.45) is 5.12. The van der Waals surface area contributed by atoms with Crippen molar-refractivity contribution in [3.8, 4) is 0 Å². The van der Waals surface area contributed by atoms with Gasteiger partial charge in [0.1, 0.15) is 5.82 Å². The highest BCUT2D eigenvalue weighted by molar-refractivity contribution is 5.77. The Labute approximate surface area is 146 Å². The van der Waals surface area contributed by atoms with Gasteiger partial charge >= 0.3 is 0 Å². The zero-order valence-corrected chi connectivity index (χ0v) is 14.4. The smallest absolute Gasteiger partial charge is 0.220 e. The molecule has 1 fully saturated rings. The molecule has 1 saturated heterocycles. The van der Waals surface area contributed by atoms with Crippen molar-refractivity contribution < 1.29 is 4.79 Å². The van der Waals surface area contributed by atoms with E-state index >= 15 is 0 Å². The number of rotatable bonds is 4. The van der Waals surface area contributed by atoms with Gasteiger partial charge in [-0.2, -0.15) is 5.10 Å². The molecular weight excluding hydrogens is 316 g/mol. The monoisotopic (exact) mass is 338 g/mol. The molecule has 3 aromatic rings. The first-order valence-electron chi connectivity index (χ1n) is 8.53. The number of nitrogens with one attached hydrogen (secondary N) is 2. The van der Waals surface area contributed by atoms with Crippen LogP contribution in [0.4, 0.5) is 0 Å². The number of hydrogen-bond acceptors (Lipinski definition) is 4. The fraction of sp³-hybridized carbons (Fsp3) is 0.389. The maximum atomic E-state index is 11.9. The third-order valence-electron chi connectivity index (χ3n) is 4.89. The minimum atomic E-state index is -0.0652. The van der Waals surface area contributed by atoms with E-state index in [1.54, 1.807) is 4.68 Å². The molecule has 0 unspecified atom stereocenters. The summed E-state index contributed by atoms with van der Waals surface area (Å²) in [4.78, 5) is 16.6. The van der Waals surface area contributed by atoms with Gasteiger partial charge < -0.3 is 15.2 Å². The molecule has 7 nitrogen and oxygen atoms in total. The zero-order valence-electron chi connectivity index (χ0n) is 14.4. The first-order chi connectivity index (χ1) is 12.1. The Balaban J connectivity index is 1.53. The van der Waals surface area contributed by atoms with Crippen LogP contribution in [0, 0.1) is 0 Å². The largest absolute Gasteiger partial charge is 0.348 e. The fourth-order valence-corrected chi connectivity index (χ4v) is 3.51. The van der Waals surface area contributed by atoms with E-state index in [-0.39, 0.29) is 18.0 Å². The van der Waals surface area contributed by atoms with E-state index in [4.69, 9.17) is 4.98 Å². The number of hydrogen-bond donors (Lipinski definition) is 2. The number of fused-ring (bicyclic) bond motifs is 1. The first-order valence-corrected chi connectivity index (χ1v) is 8.53. The average molecular weight is 338 g/mol. The van der Waals surface area contributed by atoms with Gasteiger partial charge in [0.25, 0.3) is 0 Å². The molecule has 0 radical (unpaired) electrons. The summed E-state index contributed by atoms with van der Waals surface area (Å²) in [5, 5.41) is 10.9. The van der Waals surface area contributed by atoms with E-state index in [1.807, 2.05) is 44.7 Å². The van der Waals surface area contributed by atoms with Crippen molar-refractivity contribution in [2.45, 2.75) is 31.5 Å². The molecule has 130 valence electrons. The van der Waals surface area contributed by atoms with Crippen LogP contribution in [0.5, 0.6) is 0 Å². The Morgan fingerprint density at radius 2 is 2.16 bits per heavy atom. The predicted molar refractivity (Wildman–Crippen MR) is 94.7 cm³/mol. The van der Waals surface area contributed by atoms with Gasteiger partial charge in [0, 0.05) is 38.3 Å². The number of benzene rings is 1. The van der Waals surface area contributed by atoms with Gasteiger partial charge in [-0.15, -0.1) is 0 Å². The molecule has 2 atom stereocenters. The Morgan fingerprint density at radius 1 is 1.32 bits per heavy atom. The van der Waals surface area contributed by atoms with Crippen LogP contribution in [0.15, 0.2) is 36.7 Å². The van der Waals surface area contributed by atoms with Crippen LogP contribution < -0.4 is 10.6 Å². The second kappa shape index (κ2) is 6.33. The highest BCUT2D eigenvalue weighted by atomic mass is 16.1. The van der Waals surface area contributed by atoms with Crippen molar-refractivity contribution in [1.82, 2.24) is 30.0 Å². The second-order valence-electron chi connectivity index (χ2n) is 6.59. The lowest BCUT2D eigenvalue weighted by Gasteiger charge is -2.32. The number of nitrogens with zero attached hydrogens (tertiary/aromatic N) is 4. The normalized spacial score (nSPS) is 20.8. The van der Waals surface area contributed by atoms with Gasteiger partial charge in [0.2, 0.25) is 5.91 Å². The van der Waals surface area contributed by atoms with Gasteiger partial charge in [-0.1, -0.05) is 12.1 Å². The molecule has 0 saturated carbocycles. The Morgan fingerprint density at radius 3 is 2.92 bits per heavy atom. The number of imidazole rings is 1. The highest BCUT2D eigenvalue weighted by Crippen LogP contribution is 2.24. The van der Waals surface area contributed by atoms with Crippen molar-refractivity contribution in [3.63, 3.8) is 0 Å². The maximum Gasteiger partial charge on any atom is 0.220 e. The highest BCUT2D eigenvalue weighted by Gasteiger charge is 2.30. The van der Waals surface area contributed by atoms with Crippen LogP contribution in [0.3, 0.4) is 0 Å². The van der Waals surface area contributed by atoms with Crippen molar-refractivity contribution >= 4 is 16.9 Å². The molecule has 1 aliphatic heterocycles. The van der Waals surface area contributed by atoms with E-state index in [0.29, 0.717) is 13.0 Å². The summed E-state index contributed by atoms with van der Waals surface area (Å²) in [5.74, 6) is 1.08. The number of carbonyl (C=O) groups excluding carboxylic acids is 1. The van der Waals surface area contributed by atoms with Crippen LogP contribution in [-0.4, -0.2) is 31.3 Å². The average Bonchev–Trinajstić information content (AvgIpc) is 3.18. The Kier molecular flexibility index (Phi) is 4.01. The molecule has 0 bridgehead atoms. The zero-order chi connectivity index (χ0) is 17.4. The molecule has 0 spiro atoms. The van der Waals surface area contributed by atoms with Gasteiger partial charge in [-0.25, -0.2) is 4.98 Å². The van der Waals surface area contributed by atoms with Crippen LogP contribution in [0.25, 0.3) is 11.0 Å². The number of para-hydroxylation sites is 2. The summed E-state index contributed by atoms with van der Waals surface area (Å²) in [7, 11) is 3.92. The minimum absolute atomic E-state index is 0.0652. The quantitative estimate of drug-likeness (QED) is 0.754. The number of amides is 1. The van der Waals surface area contributed by atoms with E-state index in [0.717, 1.165) is 28.8 Å². The number of aromatic nitrogens is 4. The van der Waals surface area contributed by atoms with Gasteiger partial charge in [0.15, 0.2) is 0 Å². The molecule has 1 aliphatic rings. The molecule has 2 N–H and O–H groups in total. The molecular formula is C18H22N6O. The third kappa shape index (κ3) is 3.02. The second-order valence-corrected chi connectivity index (χ2v) is 6.59. The van der Waals surface area contributed by atoms with Crippen molar-refractivity contribution in [2.24, 2.45) is 14.1 Å². The van der Waals surface area contributed by atoms with Gasteiger partial charge in [-0.05, 0) is 18.6 Å². The lowest BCUT2D eigenvalue weighted by atomic mass is 9.94. The standard InChI is InChI=1S/C18H22N6O/c1-23-11-12(9-20-23)18-14(7-8-17(25)22-18)19-10-16-21-13-5-3-4-6-15(13)24(16)2/h3-6,9,11,14,18-19H,7-8,10H2,1-2H3,(H,22,25)/t14-,18+/m1/s1. The van der Waals surface area contributed by atoms with Crippen LogP contribution in [0.2, 0.25) is 0 Å². The summed E-state index contributed by atoms with van der Waals surface area (Å²) in [6.45, 7) is 0.655. The first kappa shape index (κ1) is 15.8. The van der Waals surface area contributed by atoms with Gasteiger partial charge in [-0.3, -0.25) is 9.48 Å². The van der Waals surface area contributed by atoms with E-state index in [9.17, 15) is 4.79 Å². The third-order valence-corrected chi connectivity index (χ3v) is 4.89. The maximum absolute atomic E-state index is 11.9. The molecule has 1 amide bonds. The Hall–Kier alpha value is -2.67. The number of aryl methyl sites for hydroxylation is 2. The number of carbonyl (C=O) groups is 1. The molecule has 7 heteroatoms. The molecule has 2 aromatic heterocycles. The van der Waals surface area contributed by atoms with Crippen molar-refractivity contribution in [1.29, 1.82) is 0 Å². The van der Waals surface area contributed by atoms with Crippen LogP contribution >= 0.6 is 0 Å². The minimum Gasteiger partial charge on any atom is -0.348 e. The van der Waals surface area contributed by atoms with Gasteiger partial charge in [0.05, 0.1) is 29.8 Å². The SMILES string of the molecule is Cn1cc([C@@H]2NC(=O)CC[C@H]2NCc2nc3ccccc3n2C)cn1. The summed E-state index contributed by atoms with van der Waals surface area (Å²) in [6, 6.07) is 8.22. The molecule has 1 aromatic carbocycles. The molecule has 3 heterocycles. The number of piperidine rings is 1. The van der Waals surface area contributed by atoms with E-state index in [2.05, 4.69) is 26.4 Å². The summed E-state index contributed by atoms with van der Waals surface area (Å²) in [5.41, 5.74) is 3.15. The molecule has 0 aliphatic carbocycles. The summed E-state index contributed by atoms with van der Waals surface area (Å²) < 4.78 is 3.88. The van der Waals surface area contributed by atoms with Crippen LogP contribution in [-0.2, 0) is 25.4 Å². The summed E-state index contributed by atoms with van der Waals surface area (Å²) >= 11 is 0. The van der Waals surface area contributed by atoms with E-state index in [1.165, 1.54) is 0 Å². The molecule has 4 rings (SSSR count). The lowest BCUT2D eigenvalue weighted by Crippen LogP contribution is -2.48.